The summed E-state index contributed by atoms with van der Waals surface area (Å²) in [6.45, 7) is 4.80. The summed E-state index contributed by atoms with van der Waals surface area (Å²) in [5.74, 6) is 2.38. The molecule has 1 rings (SSSR count). The maximum Gasteiger partial charge on any atom is 0.156 e. The Balaban J connectivity index is 2.77. The second-order valence-corrected chi connectivity index (χ2v) is 3.95. The fourth-order valence-corrected chi connectivity index (χ4v) is 1.65. The number of aromatic nitrogens is 2. The Morgan fingerprint density at radius 2 is 2.35 bits per heavy atom. The van der Waals surface area contributed by atoms with Crippen LogP contribution in [0.2, 0.25) is 0 Å². The summed E-state index contributed by atoms with van der Waals surface area (Å²) < 4.78 is 1.85. The zero-order valence-electron chi connectivity index (χ0n) is 10.4. The number of ketones is 1. The number of hydrogen-bond donors (Lipinski definition) is 1. The highest BCUT2D eigenvalue weighted by Gasteiger charge is 2.16. The Labute approximate surface area is 102 Å². The molecule has 0 bridgehead atoms. The molecule has 0 amide bonds. The lowest BCUT2D eigenvalue weighted by atomic mass is 10.1. The number of carbonyl (C=O) groups excluding carboxylic acids is 1. The van der Waals surface area contributed by atoms with Gasteiger partial charge in [-0.25, -0.2) is 0 Å². The van der Waals surface area contributed by atoms with Crippen molar-refractivity contribution in [3.05, 3.63) is 17.5 Å². The van der Waals surface area contributed by atoms with Gasteiger partial charge in [0.1, 0.15) is 0 Å². The van der Waals surface area contributed by atoms with E-state index in [-0.39, 0.29) is 5.78 Å². The number of nitrogens with zero attached hydrogens (tertiary/aromatic N) is 2. The Bertz CT molecular complexity index is 428. The van der Waals surface area contributed by atoms with Gasteiger partial charge in [0.05, 0.1) is 18.2 Å². The maximum absolute atomic E-state index is 11.8. The average molecular weight is 233 g/mol. The summed E-state index contributed by atoms with van der Waals surface area (Å²) in [5.41, 5.74) is 7.60. The second kappa shape index (κ2) is 6.21. The first-order valence-electron chi connectivity index (χ1n) is 5.89. The van der Waals surface area contributed by atoms with E-state index in [0.717, 1.165) is 24.4 Å². The van der Waals surface area contributed by atoms with E-state index in [4.69, 9.17) is 12.2 Å². The van der Waals surface area contributed by atoms with Gasteiger partial charge in [0.25, 0.3) is 0 Å². The van der Waals surface area contributed by atoms with Crippen LogP contribution in [0.4, 0.5) is 0 Å². The van der Waals surface area contributed by atoms with Gasteiger partial charge >= 0.3 is 0 Å². The van der Waals surface area contributed by atoms with Crippen LogP contribution in [0.3, 0.4) is 0 Å². The van der Waals surface area contributed by atoms with E-state index in [0.29, 0.717) is 12.8 Å². The van der Waals surface area contributed by atoms with Crippen LogP contribution >= 0.6 is 0 Å². The fraction of sp³-hybridized carbons (Fsp3) is 0.538. The standard InChI is InChI=1S/C13H19N3O/c1-4-7-12(14)13(17)9-11-8-10(5-2)15-16(11)6-3/h1,8,12H,5-7,9,14H2,2-3H3. The molecule has 0 aliphatic carbocycles. The lowest BCUT2D eigenvalue weighted by Crippen LogP contribution is -2.31. The SMILES string of the molecule is C#CCC(N)C(=O)Cc1cc(CC)nn1CC. The molecular formula is C13H19N3O. The van der Waals surface area contributed by atoms with Crippen molar-refractivity contribution in [3.8, 4) is 12.3 Å². The van der Waals surface area contributed by atoms with Gasteiger partial charge in [-0.3, -0.25) is 9.48 Å². The molecule has 0 aromatic carbocycles. The Hall–Kier alpha value is -1.60. The minimum atomic E-state index is -0.565. The van der Waals surface area contributed by atoms with Gasteiger partial charge in [0.2, 0.25) is 0 Å². The molecule has 0 spiro atoms. The molecule has 0 fully saturated rings. The predicted molar refractivity (Wildman–Crippen MR) is 67.4 cm³/mol. The lowest BCUT2D eigenvalue weighted by molar-refractivity contribution is -0.119. The molecule has 0 aliphatic heterocycles. The van der Waals surface area contributed by atoms with Crippen molar-refractivity contribution in [1.29, 1.82) is 0 Å². The highest BCUT2D eigenvalue weighted by molar-refractivity contribution is 5.85. The number of hydrogen-bond acceptors (Lipinski definition) is 3. The van der Waals surface area contributed by atoms with Crippen molar-refractivity contribution in [3.63, 3.8) is 0 Å². The summed E-state index contributed by atoms with van der Waals surface area (Å²) in [5, 5.41) is 4.39. The average Bonchev–Trinajstić information content (AvgIpc) is 2.71. The number of terminal acetylenes is 1. The van der Waals surface area contributed by atoms with Crippen LogP contribution < -0.4 is 5.73 Å². The Kier molecular flexibility index (Phi) is 4.92. The van der Waals surface area contributed by atoms with Gasteiger partial charge in [-0.15, -0.1) is 12.3 Å². The molecular weight excluding hydrogens is 214 g/mol. The molecule has 92 valence electrons. The first-order valence-corrected chi connectivity index (χ1v) is 5.89. The van der Waals surface area contributed by atoms with E-state index < -0.39 is 6.04 Å². The summed E-state index contributed by atoms with van der Waals surface area (Å²) in [6, 6.07) is 1.40. The van der Waals surface area contributed by atoms with E-state index >= 15 is 0 Å². The van der Waals surface area contributed by atoms with Gasteiger partial charge in [0.15, 0.2) is 5.78 Å². The molecule has 4 nitrogen and oxygen atoms in total. The van der Waals surface area contributed by atoms with E-state index in [1.165, 1.54) is 0 Å². The number of carbonyl (C=O) groups is 1. The maximum atomic E-state index is 11.8. The van der Waals surface area contributed by atoms with Gasteiger partial charge in [-0.2, -0.15) is 5.10 Å². The second-order valence-electron chi connectivity index (χ2n) is 3.95. The molecule has 17 heavy (non-hydrogen) atoms. The summed E-state index contributed by atoms with van der Waals surface area (Å²) in [4.78, 5) is 11.8. The zero-order valence-corrected chi connectivity index (χ0v) is 10.4. The predicted octanol–water partition coefficient (Wildman–Crippen LogP) is 0.928. The molecule has 0 radical (unpaired) electrons. The smallest absolute Gasteiger partial charge is 0.156 e. The molecule has 0 aliphatic rings. The van der Waals surface area contributed by atoms with Crippen LogP contribution in [0.25, 0.3) is 0 Å². The normalized spacial score (nSPS) is 12.1. The molecule has 1 unspecified atom stereocenters. The topological polar surface area (TPSA) is 60.9 Å². The van der Waals surface area contributed by atoms with Gasteiger partial charge < -0.3 is 5.73 Å². The quantitative estimate of drug-likeness (QED) is 0.743. The van der Waals surface area contributed by atoms with Crippen LogP contribution in [0.5, 0.6) is 0 Å². The number of rotatable bonds is 6. The molecule has 0 saturated heterocycles. The molecule has 1 atom stereocenters. The third-order valence-corrected chi connectivity index (χ3v) is 2.68. The van der Waals surface area contributed by atoms with Crippen LogP contribution in [0, 0.1) is 12.3 Å². The van der Waals surface area contributed by atoms with E-state index in [2.05, 4.69) is 11.0 Å². The molecule has 1 heterocycles. The highest BCUT2D eigenvalue weighted by Crippen LogP contribution is 2.08. The molecule has 2 N–H and O–H groups in total. The van der Waals surface area contributed by atoms with Crippen LogP contribution in [0.15, 0.2) is 6.07 Å². The molecule has 1 aromatic heterocycles. The van der Waals surface area contributed by atoms with Crippen molar-refractivity contribution in [1.82, 2.24) is 9.78 Å². The number of nitrogens with two attached hydrogens (primary N) is 1. The molecule has 4 heteroatoms. The number of Topliss-reactive ketones (excluding diaryl/α,β-unsaturated/α-hetero) is 1. The van der Waals surface area contributed by atoms with Crippen molar-refractivity contribution in [2.75, 3.05) is 0 Å². The Morgan fingerprint density at radius 1 is 1.65 bits per heavy atom. The zero-order chi connectivity index (χ0) is 12.8. The summed E-state index contributed by atoms with van der Waals surface area (Å²) >= 11 is 0. The highest BCUT2D eigenvalue weighted by atomic mass is 16.1. The first kappa shape index (κ1) is 13.5. The van der Waals surface area contributed by atoms with Crippen LogP contribution in [0.1, 0.15) is 31.7 Å². The van der Waals surface area contributed by atoms with Crippen LogP contribution in [-0.4, -0.2) is 21.6 Å². The van der Waals surface area contributed by atoms with Crippen molar-refractivity contribution in [2.24, 2.45) is 5.73 Å². The van der Waals surface area contributed by atoms with Gasteiger partial charge in [0, 0.05) is 18.7 Å². The Morgan fingerprint density at radius 3 is 2.88 bits per heavy atom. The molecule has 0 saturated carbocycles. The van der Waals surface area contributed by atoms with E-state index in [1.54, 1.807) is 0 Å². The minimum absolute atomic E-state index is 0.0276. The third-order valence-electron chi connectivity index (χ3n) is 2.68. The minimum Gasteiger partial charge on any atom is -0.321 e. The van der Waals surface area contributed by atoms with E-state index in [1.807, 2.05) is 24.6 Å². The lowest BCUT2D eigenvalue weighted by Gasteiger charge is -2.08. The van der Waals surface area contributed by atoms with Crippen molar-refractivity contribution in [2.45, 2.75) is 45.7 Å². The van der Waals surface area contributed by atoms with Gasteiger partial charge in [-0.05, 0) is 19.4 Å². The summed E-state index contributed by atoms with van der Waals surface area (Å²) in [6.07, 6.45) is 6.61. The fourth-order valence-electron chi connectivity index (χ4n) is 1.65. The summed E-state index contributed by atoms with van der Waals surface area (Å²) in [7, 11) is 0. The van der Waals surface area contributed by atoms with E-state index in [9.17, 15) is 4.79 Å². The van der Waals surface area contributed by atoms with Crippen LogP contribution in [-0.2, 0) is 24.2 Å². The van der Waals surface area contributed by atoms with Crippen molar-refractivity contribution < 1.29 is 4.79 Å². The monoisotopic (exact) mass is 233 g/mol. The largest absolute Gasteiger partial charge is 0.321 e. The van der Waals surface area contributed by atoms with Gasteiger partial charge in [-0.1, -0.05) is 6.92 Å². The van der Waals surface area contributed by atoms with Crippen molar-refractivity contribution >= 4 is 5.78 Å². The number of aryl methyl sites for hydroxylation is 2. The third kappa shape index (κ3) is 3.43. The first-order chi connectivity index (χ1) is 8.12. The molecule has 1 aromatic rings.